The molecule has 0 radical (unpaired) electrons. The number of benzene rings is 1. The third-order valence-electron chi connectivity index (χ3n) is 6.62. The number of imidazole rings is 1. The summed E-state index contributed by atoms with van der Waals surface area (Å²) >= 11 is 0. The van der Waals surface area contributed by atoms with Gasteiger partial charge in [0.15, 0.2) is 0 Å². The molecule has 0 bridgehead atoms. The molecule has 4 heterocycles. The Hall–Kier alpha value is -2.44. The zero-order valence-corrected chi connectivity index (χ0v) is 16.4. The molecule has 0 aliphatic carbocycles. The molecule has 28 heavy (non-hydrogen) atoms. The fourth-order valence-electron chi connectivity index (χ4n) is 5.17. The molecular formula is C22H27N5O. The lowest BCUT2D eigenvalue weighted by atomic mass is 9.78. The van der Waals surface area contributed by atoms with Crippen molar-refractivity contribution in [3.05, 3.63) is 53.6 Å². The number of piperidine rings is 1. The van der Waals surface area contributed by atoms with E-state index in [1.807, 2.05) is 24.5 Å². The quantitative estimate of drug-likeness (QED) is 0.735. The average Bonchev–Trinajstić information content (AvgIpc) is 3.24. The van der Waals surface area contributed by atoms with Crippen LogP contribution in [0.25, 0.3) is 10.9 Å². The highest BCUT2D eigenvalue weighted by atomic mass is 16.3. The lowest BCUT2D eigenvalue weighted by Crippen LogP contribution is -2.56. The number of nitrogens with zero attached hydrogens (tertiary/aromatic N) is 4. The van der Waals surface area contributed by atoms with E-state index in [9.17, 15) is 5.11 Å². The van der Waals surface area contributed by atoms with Gasteiger partial charge in [-0.2, -0.15) is 0 Å². The second-order valence-electron chi connectivity index (χ2n) is 7.90. The Morgan fingerprint density at radius 3 is 2.79 bits per heavy atom. The van der Waals surface area contributed by atoms with Gasteiger partial charge in [0.2, 0.25) is 0 Å². The zero-order valence-electron chi connectivity index (χ0n) is 16.4. The number of hydrogen-bond acceptors (Lipinski definition) is 5. The summed E-state index contributed by atoms with van der Waals surface area (Å²) in [7, 11) is 0. The summed E-state index contributed by atoms with van der Waals surface area (Å²) in [6.45, 7) is 6.23. The average molecular weight is 377 g/mol. The minimum absolute atomic E-state index is 0.0133. The standard InChI is InChI=1S/C22H27N5O/c1-2-27-10-7-19-20(24-15-23-19)22(27)8-11-26(12-9-22)21-17(14-28)13-16-5-3-4-6-18(16)25-21/h3-6,13,15,28H,2,7-12,14H2,1H3,(H,23,24). The first-order valence-corrected chi connectivity index (χ1v) is 10.3. The van der Waals surface area contributed by atoms with E-state index < -0.39 is 0 Å². The molecule has 1 spiro atoms. The maximum Gasteiger partial charge on any atom is 0.134 e. The monoisotopic (exact) mass is 377 g/mol. The van der Waals surface area contributed by atoms with Gasteiger partial charge < -0.3 is 15.0 Å². The molecule has 2 aliphatic heterocycles. The van der Waals surface area contributed by atoms with Crippen molar-refractivity contribution in [1.29, 1.82) is 0 Å². The third-order valence-corrected chi connectivity index (χ3v) is 6.62. The first-order chi connectivity index (χ1) is 13.7. The fourth-order valence-corrected chi connectivity index (χ4v) is 5.17. The number of anilines is 1. The van der Waals surface area contributed by atoms with Crippen LogP contribution < -0.4 is 4.90 Å². The van der Waals surface area contributed by atoms with E-state index in [1.165, 1.54) is 11.4 Å². The van der Waals surface area contributed by atoms with Gasteiger partial charge in [-0.25, -0.2) is 9.97 Å². The molecule has 0 atom stereocenters. The van der Waals surface area contributed by atoms with Gasteiger partial charge in [0.25, 0.3) is 0 Å². The van der Waals surface area contributed by atoms with E-state index in [1.54, 1.807) is 0 Å². The zero-order chi connectivity index (χ0) is 19.1. The number of fused-ring (bicyclic) bond motifs is 3. The molecular weight excluding hydrogens is 350 g/mol. The minimum atomic E-state index is 0.0133. The van der Waals surface area contributed by atoms with Crippen LogP contribution in [0.1, 0.15) is 36.7 Å². The highest BCUT2D eigenvalue weighted by molar-refractivity contribution is 5.81. The second kappa shape index (κ2) is 6.87. The molecule has 2 N–H and O–H groups in total. The Labute approximate surface area is 165 Å². The van der Waals surface area contributed by atoms with Gasteiger partial charge in [-0.15, -0.1) is 0 Å². The van der Waals surface area contributed by atoms with Crippen molar-refractivity contribution >= 4 is 16.7 Å². The third kappa shape index (κ3) is 2.63. The Morgan fingerprint density at radius 2 is 2.00 bits per heavy atom. The number of aromatic nitrogens is 3. The highest BCUT2D eigenvalue weighted by Crippen LogP contribution is 2.43. The molecule has 1 fully saturated rings. The van der Waals surface area contributed by atoms with Crippen molar-refractivity contribution in [2.24, 2.45) is 0 Å². The normalized spacial score (nSPS) is 19.3. The lowest BCUT2D eigenvalue weighted by Gasteiger charge is -2.50. The van der Waals surface area contributed by atoms with Crippen LogP contribution in [0.3, 0.4) is 0 Å². The van der Waals surface area contributed by atoms with Gasteiger partial charge in [-0.3, -0.25) is 4.90 Å². The van der Waals surface area contributed by atoms with Crippen molar-refractivity contribution in [3.63, 3.8) is 0 Å². The Kier molecular flexibility index (Phi) is 4.33. The van der Waals surface area contributed by atoms with Crippen molar-refractivity contribution in [2.45, 2.75) is 38.3 Å². The number of likely N-dealkylation sites (N-methyl/N-ethyl adjacent to an activating group) is 1. The molecule has 5 rings (SSSR count). The first kappa shape index (κ1) is 17.6. The lowest BCUT2D eigenvalue weighted by molar-refractivity contribution is 0.0495. The van der Waals surface area contributed by atoms with Gasteiger partial charge >= 0.3 is 0 Å². The van der Waals surface area contributed by atoms with E-state index in [0.29, 0.717) is 0 Å². The highest BCUT2D eigenvalue weighted by Gasteiger charge is 2.46. The van der Waals surface area contributed by atoms with Crippen LogP contribution in [0.15, 0.2) is 36.7 Å². The van der Waals surface area contributed by atoms with E-state index in [-0.39, 0.29) is 12.1 Å². The summed E-state index contributed by atoms with van der Waals surface area (Å²) in [6.07, 6.45) is 4.96. The predicted molar refractivity (Wildman–Crippen MR) is 110 cm³/mol. The minimum Gasteiger partial charge on any atom is -0.392 e. The maximum absolute atomic E-state index is 9.94. The van der Waals surface area contributed by atoms with Crippen LogP contribution in [-0.2, 0) is 18.6 Å². The Morgan fingerprint density at radius 1 is 1.18 bits per heavy atom. The van der Waals surface area contributed by atoms with E-state index in [2.05, 4.69) is 33.8 Å². The summed E-state index contributed by atoms with van der Waals surface area (Å²) in [5, 5.41) is 11.0. The number of H-pyrrole nitrogens is 1. The molecule has 146 valence electrons. The number of para-hydroxylation sites is 1. The van der Waals surface area contributed by atoms with Gasteiger partial charge in [0, 0.05) is 42.7 Å². The summed E-state index contributed by atoms with van der Waals surface area (Å²) in [4.78, 5) is 17.9. The molecule has 0 saturated carbocycles. The number of aromatic amines is 1. The first-order valence-electron chi connectivity index (χ1n) is 10.3. The fraction of sp³-hybridized carbons (Fsp3) is 0.455. The molecule has 1 aromatic carbocycles. The molecule has 2 aliphatic rings. The smallest absolute Gasteiger partial charge is 0.134 e. The second-order valence-corrected chi connectivity index (χ2v) is 7.90. The van der Waals surface area contributed by atoms with Crippen molar-refractivity contribution in [2.75, 3.05) is 31.1 Å². The number of hydrogen-bond donors (Lipinski definition) is 2. The van der Waals surface area contributed by atoms with Crippen LogP contribution >= 0.6 is 0 Å². The summed E-state index contributed by atoms with van der Waals surface area (Å²) in [6, 6.07) is 10.2. The van der Waals surface area contributed by atoms with Crippen LogP contribution in [0.4, 0.5) is 5.82 Å². The summed E-state index contributed by atoms with van der Waals surface area (Å²) in [5.74, 6) is 0.928. The largest absolute Gasteiger partial charge is 0.392 e. The van der Waals surface area contributed by atoms with E-state index >= 15 is 0 Å². The molecule has 6 heteroatoms. The number of pyridine rings is 1. The number of aliphatic hydroxyl groups excluding tert-OH is 1. The van der Waals surface area contributed by atoms with E-state index in [0.717, 1.165) is 67.7 Å². The Balaban J connectivity index is 1.47. The Bertz CT molecular complexity index is 990. The molecule has 0 amide bonds. The topological polar surface area (TPSA) is 68.3 Å². The summed E-state index contributed by atoms with van der Waals surface area (Å²) < 4.78 is 0. The van der Waals surface area contributed by atoms with Crippen molar-refractivity contribution in [3.8, 4) is 0 Å². The molecule has 6 nitrogen and oxygen atoms in total. The van der Waals surface area contributed by atoms with E-state index in [4.69, 9.17) is 9.97 Å². The molecule has 2 aromatic heterocycles. The molecule has 3 aromatic rings. The number of nitrogens with one attached hydrogen (secondary N) is 1. The van der Waals surface area contributed by atoms with Crippen LogP contribution in [-0.4, -0.2) is 51.1 Å². The maximum atomic E-state index is 9.94. The summed E-state index contributed by atoms with van der Waals surface area (Å²) in [5.41, 5.74) is 4.46. The van der Waals surface area contributed by atoms with Crippen molar-refractivity contribution in [1.82, 2.24) is 19.9 Å². The number of rotatable bonds is 3. The van der Waals surface area contributed by atoms with Crippen molar-refractivity contribution < 1.29 is 5.11 Å². The number of aliphatic hydroxyl groups is 1. The van der Waals surface area contributed by atoms with Crippen LogP contribution in [0.2, 0.25) is 0 Å². The van der Waals surface area contributed by atoms with Crippen LogP contribution in [0.5, 0.6) is 0 Å². The van der Waals surface area contributed by atoms with Gasteiger partial charge in [0.05, 0.1) is 29.7 Å². The van der Waals surface area contributed by atoms with Crippen LogP contribution in [0, 0.1) is 0 Å². The molecule has 0 unspecified atom stereocenters. The molecule has 1 saturated heterocycles. The SMILES string of the molecule is CCN1CCc2[nH]cnc2C12CCN(c1nc3ccccc3cc1CO)CC2. The van der Waals surface area contributed by atoms with Gasteiger partial charge in [-0.05, 0) is 31.5 Å². The predicted octanol–water partition coefficient (Wildman–Crippen LogP) is 2.82. The van der Waals surface area contributed by atoms with Gasteiger partial charge in [-0.1, -0.05) is 25.1 Å². The van der Waals surface area contributed by atoms with Gasteiger partial charge in [0.1, 0.15) is 5.82 Å².